The second-order valence-electron chi connectivity index (χ2n) is 0.676. The second-order valence-corrected chi connectivity index (χ2v) is 2.03. The average molecular weight is 108 g/mol. The van der Waals surface area contributed by atoms with Crippen LogP contribution in [0.4, 0.5) is 0 Å². The van der Waals surface area contributed by atoms with Crippen molar-refractivity contribution in [3.05, 3.63) is 13.4 Å². The van der Waals surface area contributed by atoms with Gasteiger partial charge in [0.15, 0.2) is 0 Å². The molecule has 0 aromatic rings. The SMILES string of the molecule is [CH2-]OS([CH2-])(=O)=O. The molecule has 0 aliphatic heterocycles. The summed E-state index contributed by atoms with van der Waals surface area (Å²) in [6, 6.07) is 0. The molecule has 0 saturated carbocycles. The Morgan fingerprint density at radius 1 is 1.50 bits per heavy atom. The zero-order valence-corrected chi connectivity index (χ0v) is 3.86. The van der Waals surface area contributed by atoms with Crippen molar-refractivity contribution in [3.63, 3.8) is 0 Å². The first-order valence-corrected chi connectivity index (χ1v) is 2.65. The molecule has 3 nitrogen and oxygen atoms in total. The van der Waals surface area contributed by atoms with Crippen molar-refractivity contribution in [1.29, 1.82) is 0 Å². The predicted molar refractivity (Wildman–Crippen MR) is 20.7 cm³/mol. The topological polar surface area (TPSA) is 43.4 Å². The Morgan fingerprint density at radius 3 is 1.67 bits per heavy atom. The third-order valence-corrected chi connectivity index (χ3v) is 0.539. The maximum Gasteiger partial charge on any atom is 0.103 e. The van der Waals surface area contributed by atoms with Crippen LogP contribution in [0.5, 0.6) is 0 Å². The Morgan fingerprint density at radius 2 is 1.67 bits per heavy atom. The zero-order chi connectivity index (χ0) is 5.21. The first kappa shape index (κ1) is 5.91. The number of rotatable bonds is 1. The molecule has 0 aromatic carbocycles. The lowest BCUT2D eigenvalue weighted by Gasteiger charge is -2.02. The van der Waals surface area contributed by atoms with Crippen molar-refractivity contribution in [2.75, 3.05) is 0 Å². The molecule has 0 amide bonds. The largest absolute Gasteiger partial charge is 0.474 e. The molecular weight excluding hydrogens is 104 g/mol. The molecule has 0 rings (SSSR count). The van der Waals surface area contributed by atoms with E-state index in [2.05, 4.69) is 17.5 Å². The third kappa shape index (κ3) is 3.91. The highest BCUT2D eigenvalue weighted by molar-refractivity contribution is 7.87. The Labute approximate surface area is 37.1 Å². The quantitative estimate of drug-likeness (QED) is 0.348. The van der Waals surface area contributed by atoms with E-state index >= 15 is 0 Å². The molecule has 0 unspecified atom stereocenters. The maximum atomic E-state index is 9.60. The fourth-order valence-electron chi connectivity index (χ4n) is 0. The molecule has 0 spiro atoms. The summed E-state index contributed by atoms with van der Waals surface area (Å²) < 4.78 is 22.8. The van der Waals surface area contributed by atoms with Crippen LogP contribution in [0.25, 0.3) is 0 Å². The Bertz CT molecular complexity index is 111. The summed E-state index contributed by atoms with van der Waals surface area (Å²) in [5.41, 5.74) is 0. The highest BCUT2D eigenvalue weighted by Crippen LogP contribution is 1.81. The van der Waals surface area contributed by atoms with Crippen LogP contribution < -0.4 is 0 Å². The molecule has 0 aliphatic carbocycles. The van der Waals surface area contributed by atoms with Gasteiger partial charge in [-0.2, -0.15) is 6.26 Å². The van der Waals surface area contributed by atoms with Crippen LogP contribution in [0.1, 0.15) is 0 Å². The molecule has 4 heteroatoms. The monoisotopic (exact) mass is 108 g/mol. The van der Waals surface area contributed by atoms with Gasteiger partial charge in [-0.05, 0) is 0 Å². The minimum atomic E-state index is -3.52. The maximum absolute atomic E-state index is 9.60. The van der Waals surface area contributed by atoms with Gasteiger partial charge in [-0.25, -0.2) is 15.5 Å². The van der Waals surface area contributed by atoms with Gasteiger partial charge in [0, 0.05) is 0 Å². The van der Waals surface area contributed by atoms with Crippen molar-refractivity contribution in [1.82, 2.24) is 0 Å². The normalized spacial score (nSPS) is 11.7. The Hall–Kier alpha value is -0.0900. The van der Waals surface area contributed by atoms with Crippen molar-refractivity contribution in [3.8, 4) is 0 Å². The summed E-state index contributed by atoms with van der Waals surface area (Å²) in [5.74, 6) is 0. The van der Waals surface area contributed by atoms with Gasteiger partial charge < -0.3 is 4.18 Å². The molecule has 38 valence electrons. The second kappa shape index (κ2) is 1.57. The molecule has 0 saturated heterocycles. The molecule has 0 aliphatic rings. The molecule has 0 radical (unpaired) electrons. The average Bonchev–Trinajstić information content (AvgIpc) is 1.35. The first-order chi connectivity index (χ1) is 2.56. The fraction of sp³-hybridized carbons (Fsp3) is 0. The molecule has 0 atom stereocenters. The fourth-order valence-corrected chi connectivity index (χ4v) is 0. The standard InChI is InChI=1S/C2H4O3S/c1-5-6(2,3)4/h1-2H2/q-2. The van der Waals surface area contributed by atoms with Gasteiger partial charge in [-0.1, -0.05) is 0 Å². The van der Waals surface area contributed by atoms with Crippen LogP contribution in [0, 0.1) is 13.4 Å². The van der Waals surface area contributed by atoms with Gasteiger partial charge in [-0.15, -0.1) is 0 Å². The van der Waals surface area contributed by atoms with E-state index in [1.807, 2.05) is 0 Å². The lowest BCUT2D eigenvalue weighted by atomic mass is 11.8. The van der Waals surface area contributed by atoms with E-state index < -0.39 is 10.1 Å². The summed E-state index contributed by atoms with van der Waals surface area (Å²) >= 11 is 0. The number of hydrogen-bond acceptors (Lipinski definition) is 3. The van der Waals surface area contributed by atoms with E-state index in [0.717, 1.165) is 0 Å². The minimum absolute atomic E-state index is 2.58. The Balaban J connectivity index is 3.85. The molecule has 0 aromatic heterocycles. The molecule has 0 N–H and O–H groups in total. The van der Waals surface area contributed by atoms with E-state index in [1.165, 1.54) is 0 Å². The van der Waals surface area contributed by atoms with Gasteiger partial charge >= 0.3 is 0 Å². The lowest BCUT2D eigenvalue weighted by molar-refractivity contribution is 0.447. The van der Waals surface area contributed by atoms with E-state index in [1.54, 1.807) is 0 Å². The summed E-state index contributed by atoms with van der Waals surface area (Å²) in [6.45, 7) is 0. The van der Waals surface area contributed by atoms with Gasteiger partial charge in [-0.3, -0.25) is 0 Å². The van der Waals surface area contributed by atoms with E-state index in [9.17, 15) is 8.42 Å². The highest BCUT2D eigenvalue weighted by Gasteiger charge is 1.73. The van der Waals surface area contributed by atoms with E-state index in [4.69, 9.17) is 0 Å². The Kier molecular flexibility index (Phi) is 1.55. The summed E-state index contributed by atoms with van der Waals surface area (Å²) in [5, 5.41) is 0. The predicted octanol–water partition coefficient (Wildman–Crippen LogP) is -0.0840. The summed E-state index contributed by atoms with van der Waals surface area (Å²) in [7, 11) is -0.917. The van der Waals surface area contributed by atoms with Crippen LogP contribution >= 0.6 is 0 Å². The van der Waals surface area contributed by atoms with Gasteiger partial charge in [0.05, 0.1) is 0 Å². The molecule has 0 fully saturated rings. The molecule has 6 heavy (non-hydrogen) atoms. The van der Waals surface area contributed by atoms with E-state index in [0.29, 0.717) is 0 Å². The molecular formula is C2H4O3S-2. The minimum Gasteiger partial charge on any atom is -0.474 e. The zero-order valence-electron chi connectivity index (χ0n) is 3.05. The summed E-state index contributed by atoms with van der Waals surface area (Å²) in [4.78, 5) is 0. The number of hydrogen-bond donors (Lipinski definition) is 0. The first-order valence-electron chi connectivity index (χ1n) is 1.08. The van der Waals surface area contributed by atoms with Crippen molar-refractivity contribution in [2.45, 2.75) is 0 Å². The van der Waals surface area contributed by atoms with Gasteiger partial charge in [0.2, 0.25) is 0 Å². The van der Waals surface area contributed by atoms with Gasteiger partial charge in [0.25, 0.3) is 0 Å². The summed E-state index contributed by atoms with van der Waals surface area (Å²) in [6.07, 6.45) is 2.58. The smallest absolute Gasteiger partial charge is 0.103 e. The molecule has 0 bridgehead atoms. The van der Waals surface area contributed by atoms with E-state index in [-0.39, 0.29) is 0 Å². The van der Waals surface area contributed by atoms with Crippen molar-refractivity contribution >= 4 is 10.1 Å². The van der Waals surface area contributed by atoms with Crippen molar-refractivity contribution in [2.24, 2.45) is 0 Å². The van der Waals surface area contributed by atoms with Gasteiger partial charge in [0.1, 0.15) is 10.1 Å². The third-order valence-electron chi connectivity index (χ3n) is 0.180. The van der Waals surface area contributed by atoms with Crippen LogP contribution in [-0.2, 0) is 14.3 Å². The van der Waals surface area contributed by atoms with Crippen LogP contribution in [0.3, 0.4) is 0 Å². The van der Waals surface area contributed by atoms with Crippen molar-refractivity contribution < 1.29 is 12.6 Å². The van der Waals surface area contributed by atoms with Crippen LogP contribution in [0.2, 0.25) is 0 Å². The van der Waals surface area contributed by atoms with Crippen LogP contribution in [0.15, 0.2) is 0 Å². The molecule has 0 heterocycles. The lowest BCUT2D eigenvalue weighted by Crippen LogP contribution is -1.90. The van der Waals surface area contributed by atoms with Crippen LogP contribution in [-0.4, -0.2) is 8.42 Å². The highest BCUT2D eigenvalue weighted by atomic mass is 32.2.